The zero-order valence-electron chi connectivity index (χ0n) is 24.0. The van der Waals surface area contributed by atoms with Crippen LogP contribution in [0.3, 0.4) is 0 Å². The summed E-state index contributed by atoms with van der Waals surface area (Å²) >= 11 is 6.56. The molecule has 0 spiro atoms. The maximum Gasteiger partial charge on any atom is 0.416 e. The van der Waals surface area contributed by atoms with Crippen molar-refractivity contribution in [2.24, 2.45) is 0 Å². The highest BCUT2D eigenvalue weighted by Gasteiger charge is 2.39. The number of halogens is 4. The number of fused-ring (bicyclic) bond motifs is 4. The Morgan fingerprint density at radius 3 is 2.70 bits per heavy atom. The lowest BCUT2D eigenvalue weighted by Crippen LogP contribution is -2.56. The molecule has 0 radical (unpaired) electrons. The fourth-order valence-electron chi connectivity index (χ4n) is 5.39. The Hall–Kier alpha value is -4.12. The van der Waals surface area contributed by atoms with E-state index in [4.69, 9.17) is 25.8 Å². The van der Waals surface area contributed by atoms with Gasteiger partial charge in [-0.3, -0.25) is 10.2 Å². The van der Waals surface area contributed by atoms with Gasteiger partial charge >= 0.3 is 12.2 Å². The SMILES string of the molecule is C#C.CC1(C)OCC(COc2cnc(NC(=O)N3c4nc(-c5cccc(C(F)(F)F)c5)c(Cl)cc4N4CCCC3C4)cn2)O1. The number of alkyl halides is 3. The molecule has 44 heavy (non-hydrogen) atoms. The molecule has 2 unspecified atom stereocenters. The third-order valence-electron chi connectivity index (χ3n) is 7.30. The highest BCUT2D eigenvalue weighted by molar-refractivity contribution is 6.33. The molecule has 3 aliphatic rings. The average molecular weight is 631 g/mol. The lowest BCUT2D eigenvalue weighted by atomic mass is 9.99. The Bertz CT molecular complexity index is 1540. The molecule has 1 N–H and O–H groups in total. The zero-order valence-corrected chi connectivity index (χ0v) is 24.7. The molecule has 2 saturated heterocycles. The number of carbonyl (C=O) groups is 1. The first kappa shape index (κ1) is 31.3. The number of pyridine rings is 1. The number of terminal acetylenes is 1. The van der Waals surface area contributed by atoms with Crippen LogP contribution < -0.4 is 19.9 Å². The molecule has 3 aliphatic heterocycles. The van der Waals surface area contributed by atoms with Gasteiger partial charge in [0.25, 0.3) is 0 Å². The second-order valence-corrected chi connectivity index (χ2v) is 11.2. The molecular weight excluding hydrogens is 601 g/mol. The lowest BCUT2D eigenvalue weighted by Gasteiger charge is -2.46. The van der Waals surface area contributed by atoms with Crippen LogP contribution in [0.4, 0.5) is 35.3 Å². The van der Waals surface area contributed by atoms with Gasteiger partial charge in [-0.05, 0) is 44.9 Å². The van der Waals surface area contributed by atoms with Gasteiger partial charge in [0.1, 0.15) is 12.7 Å². The fourth-order valence-corrected chi connectivity index (χ4v) is 5.65. The van der Waals surface area contributed by atoms with E-state index in [-0.39, 0.29) is 46.7 Å². The van der Waals surface area contributed by atoms with E-state index in [0.717, 1.165) is 31.5 Å². The maximum absolute atomic E-state index is 13.6. The third kappa shape index (κ3) is 6.67. The van der Waals surface area contributed by atoms with E-state index in [1.165, 1.54) is 29.4 Å². The molecule has 2 atom stereocenters. The van der Waals surface area contributed by atoms with E-state index in [9.17, 15) is 18.0 Å². The van der Waals surface area contributed by atoms with E-state index < -0.39 is 23.6 Å². The molecule has 2 fully saturated rings. The maximum atomic E-state index is 13.6. The van der Waals surface area contributed by atoms with Crippen molar-refractivity contribution in [3.05, 3.63) is 53.3 Å². The van der Waals surface area contributed by atoms with Crippen LogP contribution in [-0.4, -0.2) is 65.2 Å². The molecule has 2 bridgehead atoms. The van der Waals surface area contributed by atoms with Gasteiger partial charge in [-0.15, -0.1) is 12.8 Å². The number of benzene rings is 1. The van der Waals surface area contributed by atoms with Gasteiger partial charge in [-0.25, -0.2) is 19.7 Å². The van der Waals surface area contributed by atoms with E-state index >= 15 is 0 Å². The number of amides is 2. The van der Waals surface area contributed by atoms with Gasteiger partial charge < -0.3 is 19.1 Å². The molecule has 232 valence electrons. The number of nitrogens with one attached hydrogen (secondary N) is 1. The number of nitrogens with zero attached hydrogens (tertiary/aromatic N) is 5. The minimum atomic E-state index is -4.53. The summed E-state index contributed by atoms with van der Waals surface area (Å²) in [6.07, 6.45) is 7.59. The number of hydrogen-bond acceptors (Lipinski definition) is 8. The Morgan fingerprint density at radius 2 is 2.02 bits per heavy atom. The molecule has 3 aromatic rings. The smallest absolute Gasteiger partial charge is 0.416 e. The second-order valence-electron chi connectivity index (χ2n) is 10.8. The Labute approximate surface area is 257 Å². The normalized spacial score (nSPS) is 20.3. The molecule has 0 saturated carbocycles. The van der Waals surface area contributed by atoms with Crippen molar-refractivity contribution in [2.75, 3.05) is 41.4 Å². The molecule has 1 aromatic carbocycles. The van der Waals surface area contributed by atoms with Gasteiger partial charge in [0.05, 0.1) is 47.0 Å². The van der Waals surface area contributed by atoms with Gasteiger partial charge in [-0.1, -0.05) is 23.7 Å². The van der Waals surface area contributed by atoms with Crippen LogP contribution in [0.25, 0.3) is 11.3 Å². The number of hydrogen-bond donors (Lipinski definition) is 1. The quantitative estimate of drug-likeness (QED) is 0.342. The van der Waals surface area contributed by atoms with Crippen LogP contribution in [0.1, 0.15) is 32.3 Å². The predicted octanol–water partition coefficient (Wildman–Crippen LogP) is 6.01. The van der Waals surface area contributed by atoms with E-state index in [1.54, 1.807) is 6.07 Å². The van der Waals surface area contributed by atoms with Crippen molar-refractivity contribution in [3.8, 4) is 30.0 Å². The number of ether oxygens (including phenoxy) is 3. The zero-order chi connectivity index (χ0) is 31.6. The minimum absolute atomic E-state index is 0.154. The van der Waals surface area contributed by atoms with Crippen molar-refractivity contribution >= 4 is 35.0 Å². The first-order chi connectivity index (χ1) is 21.0. The van der Waals surface area contributed by atoms with Crippen molar-refractivity contribution in [1.29, 1.82) is 0 Å². The number of aromatic nitrogens is 3. The molecule has 0 aliphatic carbocycles. The number of urea groups is 1. The summed E-state index contributed by atoms with van der Waals surface area (Å²) in [5.41, 5.74) is 0.174. The Balaban J connectivity index is 0.00000188. The summed E-state index contributed by atoms with van der Waals surface area (Å²) in [5, 5.41) is 2.96. The van der Waals surface area contributed by atoms with Crippen molar-refractivity contribution in [2.45, 2.75) is 50.8 Å². The summed E-state index contributed by atoms with van der Waals surface area (Å²) < 4.78 is 57.1. The fraction of sp³-hybridized carbons (Fsp3) is 0.400. The van der Waals surface area contributed by atoms with E-state index in [0.29, 0.717) is 24.7 Å². The number of anilines is 3. The van der Waals surface area contributed by atoms with Crippen LogP contribution in [0.5, 0.6) is 5.88 Å². The summed E-state index contributed by atoms with van der Waals surface area (Å²) in [7, 11) is 0. The van der Waals surface area contributed by atoms with Gasteiger partial charge in [-0.2, -0.15) is 13.2 Å². The van der Waals surface area contributed by atoms with Crippen molar-refractivity contribution < 1.29 is 32.2 Å². The topological polar surface area (TPSA) is 102 Å². The molecule has 2 aromatic heterocycles. The van der Waals surface area contributed by atoms with Crippen LogP contribution in [0, 0.1) is 12.8 Å². The second kappa shape index (κ2) is 12.5. The van der Waals surface area contributed by atoms with Crippen molar-refractivity contribution in [1.82, 2.24) is 15.0 Å². The van der Waals surface area contributed by atoms with Gasteiger partial charge in [0.15, 0.2) is 17.4 Å². The Morgan fingerprint density at radius 1 is 1.23 bits per heavy atom. The summed E-state index contributed by atoms with van der Waals surface area (Å²) in [6, 6.07) is 5.77. The van der Waals surface area contributed by atoms with Gasteiger partial charge in [0.2, 0.25) is 5.88 Å². The number of carbonyl (C=O) groups excluding carboxylic acids is 1. The van der Waals surface area contributed by atoms with E-state index in [2.05, 4.69) is 38.0 Å². The summed E-state index contributed by atoms with van der Waals surface area (Å²) in [4.78, 5) is 30.4. The number of rotatable bonds is 5. The largest absolute Gasteiger partial charge is 0.474 e. The molecule has 2 amide bonds. The van der Waals surface area contributed by atoms with Crippen LogP contribution >= 0.6 is 11.6 Å². The van der Waals surface area contributed by atoms with Gasteiger partial charge in [0, 0.05) is 18.7 Å². The minimum Gasteiger partial charge on any atom is -0.474 e. The first-order valence-corrected chi connectivity index (χ1v) is 14.2. The molecular formula is C30H30ClF3N6O4. The standard InChI is InChI=1S/C28H28ClF3N6O4.C2H2/c1-27(2)41-15-19(42-27)14-40-23-12-33-22(11-34-23)35-26(39)38-18-7-4-8-37(13-18)21-10-20(29)24(36-25(21)38)16-5-3-6-17(9-16)28(30,31)32;1-2/h3,5-6,9-12,18-19H,4,7-8,13-15H2,1-2H3,(H,33,35,39);1-2H. The number of piperidine rings is 1. The monoisotopic (exact) mass is 630 g/mol. The third-order valence-corrected chi connectivity index (χ3v) is 7.58. The molecule has 14 heteroatoms. The summed E-state index contributed by atoms with van der Waals surface area (Å²) in [5.74, 6) is 0.106. The Kier molecular flexibility index (Phi) is 8.88. The predicted molar refractivity (Wildman–Crippen MR) is 159 cm³/mol. The molecule has 5 heterocycles. The van der Waals surface area contributed by atoms with Crippen LogP contribution in [0.2, 0.25) is 5.02 Å². The molecule has 6 rings (SSSR count). The lowest BCUT2D eigenvalue weighted by molar-refractivity contribution is -0.141. The highest BCUT2D eigenvalue weighted by atomic mass is 35.5. The highest BCUT2D eigenvalue weighted by Crippen LogP contribution is 2.43. The first-order valence-electron chi connectivity index (χ1n) is 13.8. The summed E-state index contributed by atoms with van der Waals surface area (Å²) in [6.45, 7) is 5.61. The average Bonchev–Trinajstić information content (AvgIpc) is 3.36. The van der Waals surface area contributed by atoms with E-state index in [1.807, 2.05) is 13.8 Å². The van der Waals surface area contributed by atoms with Crippen molar-refractivity contribution in [3.63, 3.8) is 0 Å². The molecule has 10 nitrogen and oxygen atoms in total. The van der Waals surface area contributed by atoms with Crippen LogP contribution in [0.15, 0.2) is 42.7 Å². The van der Waals surface area contributed by atoms with Crippen LogP contribution in [-0.2, 0) is 15.7 Å².